The standard InChI is InChI=1S/C20H26BFO6S/c1-2-3-13(8-14-4-6-17(24)16(22)9-14)5-7-18-20-15(11-23)12-29(26,27)19(20)10-21(25)28-18/h4,6,8-9,18-19,23-25H,2-3,5,7,10-12H2,1H3/b13-8+/t18-,19+/m1/s1. The van der Waals surface area contributed by atoms with E-state index in [0.717, 1.165) is 18.4 Å². The summed E-state index contributed by atoms with van der Waals surface area (Å²) in [7, 11) is -4.60. The van der Waals surface area contributed by atoms with Crippen LogP contribution in [0.3, 0.4) is 0 Å². The van der Waals surface area contributed by atoms with Gasteiger partial charge in [-0.2, -0.15) is 0 Å². The zero-order chi connectivity index (χ0) is 21.2. The largest absolute Gasteiger partial charge is 0.505 e. The van der Waals surface area contributed by atoms with Gasteiger partial charge in [0.25, 0.3) is 0 Å². The fourth-order valence-electron chi connectivity index (χ4n) is 4.17. The molecule has 29 heavy (non-hydrogen) atoms. The zero-order valence-corrected chi connectivity index (χ0v) is 17.2. The van der Waals surface area contributed by atoms with Crippen molar-refractivity contribution in [2.24, 2.45) is 0 Å². The van der Waals surface area contributed by atoms with Crippen LogP contribution in [0.4, 0.5) is 4.39 Å². The van der Waals surface area contributed by atoms with Crippen molar-refractivity contribution in [3.63, 3.8) is 0 Å². The van der Waals surface area contributed by atoms with E-state index in [-0.39, 0.29) is 18.7 Å². The molecule has 3 rings (SSSR count). The molecule has 0 bridgehead atoms. The molecule has 2 atom stereocenters. The van der Waals surface area contributed by atoms with Gasteiger partial charge < -0.3 is 19.9 Å². The molecule has 0 saturated carbocycles. The lowest BCUT2D eigenvalue weighted by molar-refractivity contribution is 0.168. The van der Waals surface area contributed by atoms with Gasteiger partial charge in [0, 0.05) is 6.32 Å². The predicted molar refractivity (Wildman–Crippen MR) is 110 cm³/mol. The first-order valence-corrected chi connectivity index (χ1v) is 11.5. The zero-order valence-electron chi connectivity index (χ0n) is 16.3. The third-order valence-corrected chi connectivity index (χ3v) is 7.54. The number of sulfone groups is 1. The Labute approximate surface area is 170 Å². The molecule has 9 heteroatoms. The Kier molecular flexibility index (Phi) is 6.83. The van der Waals surface area contributed by atoms with Crippen molar-refractivity contribution < 1.29 is 32.7 Å². The minimum atomic E-state index is -3.43. The van der Waals surface area contributed by atoms with Crippen LogP contribution in [0.25, 0.3) is 6.08 Å². The van der Waals surface area contributed by atoms with Gasteiger partial charge in [-0.15, -0.1) is 0 Å². The quantitative estimate of drug-likeness (QED) is 0.459. The number of fused-ring (bicyclic) bond motifs is 1. The monoisotopic (exact) mass is 424 g/mol. The van der Waals surface area contributed by atoms with Gasteiger partial charge in [-0.3, -0.25) is 0 Å². The molecule has 2 aliphatic heterocycles. The van der Waals surface area contributed by atoms with E-state index in [0.29, 0.717) is 29.6 Å². The highest BCUT2D eigenvalue weighted by Gasteiger charge is 2.48. The maximum absolute atomic E-state index is 13.6. The second kappa shape index (κ2) is 8.99. The van der Waals surface area contributed by atoms with Gasteiger partial charge in [0.05, 0.1) is 23.7 Å². The van der Waals surface area contributed by atoms with Crippen molar-refractivity contribution in [2.45, 2.75) is 50.3 Å². The maximum Gasteiger partial charge on any atom is 0.456 e. The van der Waals surface area contributed by atoms with Gasteiger partial charge in [-0.1, -0.05) is 31.1 Å². The first-order valence-electron chi connectivity index (χ1n) is 9.80. The molecule has 1 aromatic carbocycles. The number of benzene rings is 1. The Morgan fingerprint density at radius 2 is 2.14 bits per heavy atom. The second-order valence-corrected chi connectivity index (χ2v) is 9.81. The fourth-order valence-corrected chi connectivity index (χ4v) is 6.28. The van der Waals surface area contributed by atoms with Crippen molar-refractivity contribution in [1.82, 2.24) is 0 Å². The molecule has 2 aliphatic rings. The summed E-state index contributed by atoms with van der Waals surface area (Å²) in [5, 5.41) is 28.2. The molecular formula is C20H26BFO6S. The molecule has 1 aromatic rings. The molecule has 1 fully saturated rings. The summed E-state index contributed by atoms with van der Waals surface area (Å²) in [5.74, 6) is -1.29. The lowest BCUT2D eigenvalue weighted by Crippen LogP contribution is -2.42. The number of halogens is 1. The molecule has 2 heterocycles. The van der Waals surface area contributed by atoms with Crippen LogP contribution < -0.4 is 0 Å². The van der Waals surface area contributed by atoms with E-state index < -0.39 is 39.9 Å². The first-order chi connectivity index (χ1) is 13.7. The molecule has 0 aliphatic carbocycles. The summed E-state index contributed by atoms with van der Waals surface area (Å²) in [6.07, 6.45) is 3.93. The van der Waals surface area contributed by atoms with E-state index in [1.54, 1.807) is 6.07 Å². The lowest BCUT2D eigenvalue weighted by Gasteiger charge is -2.32. The fraction of sp³-hybridized carbons (Fsp3) is 0.500. The van der Waals surface area contributed by atoms with Crippen LogP contribution in [0.15, 0.2) is 34.9 Å². The minimum absolute atomic E-state index is 0.0118. The molecule has 6 nitrogen and oxygen atoms in total. The number of hydrogen-bond acceptors (Lipinski definition) is 6. The smallest absolute Gasteiger partial charge is 0.456 e. The highest BCUT2D eigenvalue weighted by molar-refractivity contribution is 7.92. The predicted octanol–water partition coefficient (Wildman–Crippen LogP) is 2.46. The van der Waals surface area contributed by atoms with Crippen LogP contribution in [-0.2, 0) is 14.5 Å². The highest BCUT2D eigenvalue weighted by atomic mass is 32.2. The van der Waals surface area contributed by atoms with Crippen LogP contribution in [0.2, 0.25) is 6.32 Å². The Hall–Kier alpha value is -1.68. The normalized spacial score (nSPS) is 24.1. The van der Waals surface area contributed by atoms with Crippen molar-refractivity contribution >= 4 is 23.0 Å². The topological polar surface area (TPSA) is 104 Å². The Morgan fingerprint density at radius 3 is 2.79 bits per heavy atom. The van der Waals surface area contributed by atoms with Crippen LogP contribution in [0.5, 0.6) is 5.75 Å². The number of phenolic OH excluding ortho intramolecular Hbond substituents is 1. The van der Waals surface area contributed by atoms with Crippen molar-refractivity contribution in [3.05, 3.63) is 46.3 Å². The highest BCUT2D eigenvalue weighted by Crippen LogP contribution is 2.39. The second-order valence-electron chi connectivity index (χ2n) is 7.63. The Morgan fingerprint density at radius 1 is 1.38 bits per heavy atom. The van der Waals surface area contributed by atoms with Gasteiger partial charge in [-0.25, -0.2) is 12.8 Å². The number of aromatic hydroxyl groups is 1. The summed E-state index contributed by atoms with van der Waals surface area (Å²) >= 11 is 0. The van der Waals surface area contributed by atoms with Crippen LogP contribution in [0.1, 0.15) is 38.2 Å². The van der Waals surface area contributed by atoms with E-state index in [2.05, 4.69) is 0 Å². The molecule has 0 amide bonds. The van der Waals surface area contributed by atoms with Crippen molar-refractivity contribution in [1.29, 1.82) is 0 Å². The number of aliphatic hydroxyl groups is 1. The van der Waals surface area contributed by atoms with E-state index in [1.807, 2.05) is 13.0 Å². The molecular weight excluding hydrogens is 398 g/mol. The summed E-state index contributed by atoms with van der Waals surface area (Å²) < 4.78 is 44.1. The number of phenols is 1. The van der Waals surface area contributed by atoms with Crippen LogP contribution in [0, 0.1) is 5.82 Å². The first kappa shape index (κ1) is 22.0. The van der Waals surface area contributed by atoms with E-state index in [9.17, 15) is 28.0 Å². The average Bonchev–Trinajstić information content (AvgIpc) is 2.93. The van der Waals surface area contributed by atoms with Crippen LogP contribution >= 0.6 is 0 Å². The number of aliphatic hydroxyl groups excluding tert-OH is 1. The van der Waals surface area contributed by atoms with E-state index in [1.165, 1.54) is 12.1 Å². The number of allylic oxidation sites excluding steroid dienone is 1. The molecule has 3 N–H and O–H groups in total. The van der Waals surface area contributed by atoms with Gasteiger partial charge in [0.1, 0.15) is 0 Å². The minimum Gasteiger partial charge on any atom is -0.505 e. The summed E-state index contributed by atoms with van der Waals surface area (Å²) in [5.41, 5.74) is 2.72. The SMILES string of the molecule is CCC/C(=C\c1ccc(O)c(F)c1)CC[C@H]1OB(O)C[C@H]2C1=C(CO)CS2(=O)=O. The molecule has 158 valence electrons. The van der Waals surface area contributed by atoms with E-state index >= 15 is 0 Å². The molecule has 0 aromatic heterocycles. The lowest BCUT2D eigenvalue weighted by atomic mass is 9.74. The molecule has 0 spiro atoms. The third kappa shape index (κ3) is 4.91. The molecule has 0 radical (unpaired) electrons. The Bertz CT molecular complexity index is 927. The van der Waals surface area contributed by atoms with Gasteiger partial charge >= 0.3 is 7.12 Å². The molecule has 0 unspecified atom stereocenters. The summed E-state index contributed by atoms with van der Waals surface area (Å²) in [6.45, 7) is 1.68. The summed E-state index contributed by atoms with van der Waals surface area (Å²) in [6, 6.07) is 4.19. The molecule has 1 saturated heterocycles. The average molecular weight is 424 g/mol. The van der Waals surface area contributed by atoms with Gasteiger partial charge in [-0.05, 0) is 48.1 Å². The summed E-state index contributed by atoms with van der Waals surface area (Å²) in [4.78, 5) is 0. The van der Waals surface area contributed by atoms with Crippen molar-refractivity contribution in [2.75, 3.05) is 12.4 Å². The van der Waals surface area contributed by atoms with Crippen LogP contribution in [-0.4, -0.2) is 54.5 Å². The maximum atomic E-state index is 13.6. The third-order valence-electron chi connectivity index (χ3n) is 5.48. The number of hydrogen-bond donors (Lipinski definition) is 3. The van der Waals surface area contributed by atoms with Crippen molar-refractivity contribution in [3.8, 4) is 5.75 Å². The number of rotatable bonds is 7. The van der Waals surface area contributed by atoms with E-state index in [4.69, 9.17) is 4.65 Å². The van der Waals surface area contributed by atoms with Gasteiger partial charge in [0.2, 0.25) is 0 Å². The Balaban J connectivity index is 1.81. The van der Waals surface area contributed by atoms with Gasteiger partial charge in [0.15, 0.2) is 21.4 Å².